The van der Waals surface area contributed by atoms with Crippen molar-refractivity contribution in [3.05, 3.63) is 42.0 Å². The van der Waals surface area contributed by atoms with Crippen molar-refractivity contribution in [3.8, 4) is 17.1 Å². The summed E-state index contributed by atoms with van der Waals surface area (Å²) in [4.78, 5) is 19.7. The van der Waals surface area contributed by atoms with E-state index < -0.39 is 21.8 Å². The van der Waals surface area contributed by atoms with Gasteiger partial charge >= 0.3 is 12.0 Å². The SMILES string of the molecule is CS(=O)(=O)N1CC(COc2ncc(-c3cccc(COC(=O)CC(=N)N)c3F)cn2)C1. The molecule has 10 nitrogen and oxygen atoms in total. The van der Waals surface area contributed by atoms with Crippen molar-refractivity contribution in [1.29, 1.82) is 5.41 Å². The van der Waals surface area contributed by atoms with Crippen LogP contribution in [0.4, 0.5) is 4.39 Å². The van der Waals surface area contributed by atoms with Crippen LogP contribution in [0.5, 0.6) is 6.01 Å². The Kier molecular flexibility index (Phi) is 6.81. The lowest BCUT2D eigenvalue weighted by molar-refractivity contribution is -0.143. The highest BCUT2D eigenvalue weighted by Gasteiger charge is 2.33. The molecule has 3 N–H and O–H groups in total. The third-order valence-corrected chi connectivity index (χ3v) is 5.82. The summed E-state index contributed by atoms with van der Waals surface area (Å²) in [6, 6.07) is 4.75. The van der Waals surface area contributed by atoms with Crippen molar-refractivity contribution < 1.29 is 27.1 Å². The molecular formula is C19H22FN5O5S. The fourth-order valence-electron chi connectivity index (χ4n) is 2.90. The van der Waals surface area contributed by atoms with E-state index in [1.807, 2.05) is 0 Å². The number of hydrogen-bond donors (Lipinski definition) is 2. The third kappa shape index (κ3) is 5.95. The average Bonchev–Trinajstić information content (AvgIpc) is 2.65. The van der Waals surface area contributed by atoms with Crippen LogP contribution in [0.3, 0.4) is 0 Å². The molecule has 1 aliphatic rings. The lowest BCUT2D eigenvalue weighted by Crippen LogP contribution is -2.51. The monoisotopic (exact) mass is 451 g/mol. The van der Waals surface area contributed by atoms with Gasteiger partial charge in [-0.25, -0.2) is 27.1 Å². The van der Waals surface area contributed by atoms with Crippen LogP contribution in [0.2, 0.25) is 0 Å². The molecule has 1 aromatic heterocycles. The van der Waals surface area contributed by atoms with E-state index in [4.69, 9.17) is 20.6 Å². The molecule has 1 aromatic carbocycles. The predicted octanol–water partition coefficient (Wildman–Crippen LogP) is 0.922. The number of nitrogens with one attached hydrogen (secondary N) is 1. The second-order valence-electron chi connectivity index (χ2n) is 7.15. The van der Waals surface area contributed by atoms with Crippen molar-refractivity contribution in [1.82, 2.24) is 14.3 Å². The standard InChI is InChI=1S/C19H22FN5O5S/c1-31(27,28)25-8-12(9-25)10-30-19-23-6-14(7-24-19)15-4-2-3-13(18(15)20)11-29-17(26)5-16(21)22/h2-4,6-7,12H,5,8-11H2,1H3,(H3,21,22). The zero-order chi connectivity index (χ0) is 22.6. The van der Waals surface area contributed by atoms with Crippen molar-refractivity contribution in [3.63, 3.8) is 0 Å². The Morgan fingerprint density at radius 1 is 1.32 bits per heavy atom. The number of ether oxygens (including phenoxy) is 2. The van der Waals surface area contributed by atoms with Crippen molar-refractivity contribution >= 4 is 21.8 Å². The van der Waals surface area contributed by atoms with Crippen LogP contribution in [-0.4, -0.2) is 60.4 Å². The third-order valence-electron chi connectivity index (χ3n) is 4.58. The number of halogens is 1. The Hall–Kier alpha value is -3.12. The molecule has 0 bridgehead atoms. The number of nitrogens with two attached hydrogens (primary N) is 1. The number of hydrogen-bond acceptors (Lipinski definition) is 8. The molecule has 31 heavy (non-hydrogen) atoms. The van der Waals surface area contributed by atoms with Gasteiger partial charge in [0.05, 0.1) is 12.9 Å². The largest absolute Gasteiger partial charge is 0.463 e. The van der Waals surface area contributed by atoms with Gasteiger partial charge in [0.2, 0.25) is 10.0 Å². The van der Waals surface area contributed by atoms with Crippen molar-refractivity contribution in [2.45, 2.75) is 13.0 Å². The molecule has 1 aliphatic heterocycles. The number of benzene rings is 1. The number of aromatic nitrogens is 2. The average molecular weight is 451 g/mol. The summed E-state index contributed by atoms with van der Waals surface area (Å²) in [7, 11) is -3.17. The molecule has 2 heterocycles. The van der Waals surface area contributed by atoms with Gasteiger partial charge in [-0.2, -0.15) is 0 Å². The van der Waals surface area contributed by atoms with Gasteiger partial charge in [-0.05, 0) is 0 Å². The molecule has 1 fully saturated rings. The summed E-state index contributed by atoms with van der Waals surface area (Å²) in [5.41, 5.74) is 5.94. The number of nitrogens with zero attached hydrogens (tertiary/aromatic N) is 3. The normalized spacial score (nSPS) is 14.6. The van der Waals surface area contributed by atoms with Crippen LogP contribution in [0, 0.1) is 17.1 Å². The summed E-state index contributed by atoms with van der Waals surface area (Å²) >= 11 is 0. The van der Waals surface area contributed by atoms with Gasteiger partial charge < -0.3 is 15.2 Å². The first-order valence-electron chi connectivity index (χ1n) is 9.29. The number of carbonyl (C=O) groups excluding carboxylic acids is 1. The van der Waals surface area contributed by atoms with E-state index in [9.17, 15) is 17.6 Å². The van der Waals surface area contributed by atoms with E-state index >= 15 is 0 Å². The van der Waals surface area contributed by atoms with Gasteiger partial charge in [0, 0.05) is 48.1 Å². The van der Waals surface area contributed by atoms with E-state index in [2.05, 4.69) is 9.97 Å². The van der Waals surface area contributed by atoms with Gasteiger partial charge in [0.15, 0.2) is 0 Å². The summed E-state index contributed by atoms with van der Waals surface area (Å²) < 4.78 is 49.3. The Labute approximate surface area is 178 Å². The molecule has 1 saturated heterocycles. The van der Waals surface area contributed by atoms with E-state index in [1.54, 1.807) is 12.1 Å². The maximum absolute atomic E-state index is 14.8. The van der Waals surface area contributed by atoms with Gasteiger partial charge in [-0.15, -0.1) is 0 Å². The maximum Gasteiger partial charge on any atom is 0.316 e. The van der Waals surface area contributed by atoms with E-state index in [1.165, 1.54) is 22.8 Å². The lowest BCUT2D eigenvalue weighted by Gasteiger charge is -2.36. The van der Waals surface area contributed by atoms with Gasteiger partial charge in [-0.3, -0.25) is 10.2 Å². The van der Waals surface area contributed by atoms with Crippen molar-refractivity contribution in [2.75, 3.05) is 26.0 Å². The first-order chi connectivity index (χ1) is 14.6. The lowest BCUT2D eigenvalue weighted by atomic mass is 10.1. The smallest absolute Gasteiger partial charge is 0.316 e. The second-order valence-corrected chi connectivity index (χ2v) is 9.14. The molecule has 0 radical (unpaired) electrons. The molecule has 0 atom stereocenters. The molecule has 2 aromatic rings. The van der Waals surface area contributed by atoms with E-state index in [-0.39, 0.29) is 48.5 Å². The zero-order valence-corrected chi connectivity index (χ0v) is 17.6. The Bertz CT molecular complexity index is 1070. The highest BCUT2D eigenvalue weighted by atomic mass is 32.2. The Morgan fingerprint density at radius 2 is 2.00 bits per heavy atom. The van der Waals surface area contributed by atoms with Crippen LogP contribution in [0.15, 0.2) is 30.6 Å². The topological polar surface area (TPSA) is 149 Å². The molecule has 0 unspecified atom stereocenters. The van der Waals surface area contributed by atoms with Crippen LogP contribution in [0.25, 0.3) is 11.1 Å². The fourth-order valence-corrected chi connectivity index (χ4v) is 3.86. The number of sulfonamides is 1. The van der Waals surface area contributed by atoms with Crippen LogP contribution in [0.1, 0.15) is 12.0 Å². The fraction of sp³-hybridized carbons (Fsp3) is 0.368. The predicted molar refractivity (Wildman–Crippen MR) is 109 cm³/mol. The molecule has 3 rings (SSSR count). The highest BCUT2D eigenvalue weighted by molar-refractivity contribution is 7.88. The molecule has 0 aliphatic carbocycles. The molecule has 166 valence electrons. The summed E-state index contributed by atoms with van der Waals surface area (Å²) in [6.45, 7) is 0.776. The summed E-state index contributed by atoms with van der Waals surface area (Å²) in [5.74, 6) is -1.56. The first-order valence-corrected chi connectivity index (χ1v) is 11.1. The van der Waals surface area contributed by atoms with E-state index in [0.29, 0.717) is 18.7 Å². The van der Waals surface area contributed by atoms with Gasteiger partial charge in [-0.1, -0.05) is 18.2 Å². The first kappa shape index (κ1) is 22.6. The molecule has 0 amide bonds. The number of carbonyl (C=O) groups is 1. The minimum atomic E-state index is -3.17. The number of rotatable bonds is 9. The van der Waals surface area contributed by atoms with Crippen LogP contribution >= 0.6 is 0 Å². The number of esters is 1. The molecule has 0 spiro atoms. The minimum absolute atomic E-state index is 0.0674. The summed E-state index contributed by atoms with van der Waals surface area (Å²) in [5, 5.41) is 7.07. The molecular weight excluding hydrogens is 429 g/mol. The molecule has 12 heteroatoms. The van der Waals surface area contributed by atoms with E-state index in [0.717, 1.165) is 6.26 Å². The Morgan fingerprint density at radius 3 is 2.61 bits per heavy atom. The molecule has 0 saturated carbocycles. The maximum atomic E-state index is 14.8. The van der Waals surface area contributed by atoms with Crippen molar-refractivity contribution in [2.24, 2.45) is 11.7 Å². The minimum Gasteiger partial charge on any atom is -0.463 e. The van der Waals surface area contributed by atoms with Gasteiger partial charge in [0.25, 0.3) is 0 Å². The van der Waals surface area contributed by atoms with Crippen LogP contribution in [-0.2, 0) is 26.2 Å². The second kappa shape index (κ2) is 9.35. The zero-order valence-electron chi connectivity index (χ0n) is 16.7. The quantitative estimate of drug-likeness (QED) is 0.325. The van der Waals surface area contributed by atoms with Crippen LogP contribution < -0.4 is 10.5 Å². The highest BCUT2D eigenvalue weighted by Crippen LogP contribution is 2.25. The Balaban J connectivity index is 1.58. The summed E-state index contributed by atoms with van der Waals surface area (Å²) in [6.07, 6.45) is 3.63. The number of amidine groups is 1. The van der Waals surface area contributed by atoms with Gasteiger partial charge in [0.1, 0.15) is 24.7 Å².